The zero-order chi connectivity index (χ0) is 21.1. The first kappa shape index (κ1) is 22.4. The van der Waals surface area contributed by atoms with Crippen LogP contribution in [-0.2, 0) is 27.6 Å². The fraction of sp³-hybridized carbons (Fsp3) is 0.333. The van der Waals surface area contributed by atoms with Crippen molar-refractivity contribution < 1.29 is 13.2 Å². The van der Waals surface area contributed by atoms with E-state index in [1.165, 1.54) is 6.26 Å². The fourth-order valence-corrected chi connectivity index (χ4v) is 3.26. The first-order chi connectivity index (χ1) is 13.9. The maximum absolute atomic E-state index is 11.9. The van der Waals surface area contributed by atoms with Crippen LogP contribution in [0.15, 0.2) is 64.5 Å². The number of nitrogens with zero attached hydrogens (tertiary/aromatic N) is 1. The molecule has 0 heterocycles. The second-order valence-corrected chi connectivity index (χ2v) is 8.62. The molecule has 0 radical (unpaired) electrons. The Labute approximate surface area is 172 Å². The van der Waals surface area contributed by atoms with Gasteiger partial charge in [0.2, 0.25) is 5.91 Å². The lowest BCUT2D eigenvalue weighted by atomic mass is 10.1. The number of aliphatic imine (C=N–C) groups is 1. The van der Waals surface area contributed by atoms with Crippen molar-refractivity contribution in [2.45, 2.75) is 24.3 Å². The second kappa shape index (κ2) is 11.2. The molecule has 0 atom stereocenters. The second-order valence-electron chi connectivity index (χ2n) is 6.60. The maximum Gasteiger partial charge on any atom is 0.222 e. The first-order valence-corrected chi connectivity index (χ1v) is 11.3. The van der Waals surface area contributed by atoms with E-state index >= 15 is 0 Å². The normalized spacial score (nSPS) is 11.7. The van der Waals surface area contributed by atoms with E-state index in [9.17, 15) is 13.2 Å². The zero-order valence-electron chi connectivity index (χ0n) is 16.8. The summed E-state index contributed by atoms with van der Waals surface area (Å²) in [7, 11) is -1.50. The van der Waals surface area contributed by atoms with Crippen molar-refractivity contribution in [1.82, 2.24) is 16.0 Å². The summed E-state index contributed by atoms with van der Waals surface area (Å²) in [6.07, 6.45) is 2.27. The molecule has 0 bridgehead atoms. The molecular weight excluding hydrogens is 388 g/mol. The molecule has 1 amide bonds. The van der Waals surface area contributed by atoms with Gasteiger partial charge in [0.15, 0.2) is 15.8 Å². The van der Waals surface area contributed by atoms with Crippen molar-refractivity contribution in [3.63, 3.8) is 0 Å². The van der Waals surface area contributed by atoms with Crippen LogP contribution in [0.25, 0.3) is 0 Å². The molecule has 0 unspecified atom stereocenters. The molecule has 7 nitrogen and oxygen atoms in total. The van der Waals surface area contributed by atoms with E-state index in [2.05, 4.69) is 20.9 Å². The summed E-state index contributed by atoms with van der Waals surface area (Å²) >= 11 is 0. The largest absolute Gasteiger partial charge is 0.356 e. The Hall–Kier alpha value is -2.87. The number of sulfone groups is 1. The van der Waals surface area contributed by atoms with Crippen LogP contribution >= 0.6 is 0 Å². The molecule has 2 aromatic carbocycles. The van der Waals surface area contributed by atoms with Crippen LogP contribution in [-0.4, -0.2) is 46.7 Å². The minimum Gasteiger partial charge on any atom is -0.356 e. The monoisotopic (exact) mass is 416 g/mol. The van der Waals surface area contributed by atoms with Crippen LogP contribution in [0.4, 0.5) is 0 Å². The summed E-state index contributed by atoms with van der Waals surface area (Å²) in [5, 5.41) is 9.18. The number of benzene rings is 2. The van der Waals surface area contributed by atoms with Crippen molar-refractivity contribution in [1.29, 1.82) is 0 Å². The third-order valence-corrected chi connectivity index (χ3v) is 5.39. The molecule has 0 saturated carbocycles. The number of carbonyl (C=O) groups excluding carboxylic acids is 1. The summed E-state index contributed by atoms with van der Waals surface area (Å²) in [5.41, 5.74) is 2.09. The molecule has 0 aliphatic heterocycles. The van der Waals surface area contributed by atoms with Crippen LogP contribution in [0, 0.1) is 0 Å². The van der Waals surface area contributed by atoms with Gasteiger partial charge in [-0.25, -0.2) is 8.42 Å². The van der Waals surface area contributed by atoms with E-state index in [0.717, 1.165) is 17.5 Å². The summed E-state index contributed by atoms with van der Waals surface area (Å²) in [5.74, 6) is 0.594. The standard InChI is InChI=1S/C21H28N4O3S/c1-22-21(23-14-12-17-8-10-19(11-9-17)29(2,27)28)24-15-13-20(26)25-16-18-6-4-3-5-7-18/h3-11H,12-16H2,1-2H3,(H,25,26)(H2,22,23,24). The molecule has 0 saturated heterocycles. The lowest BCUT2D eigenvalue weighted by molar-refractivity contribution is -0.121. The van der Waals surface area contributed by atoms with Crippen molar-refractivity contribution in [3.8, 4) is 0 Å². The van der Waals surface area contributed by atoms with Crippen molar-refractivity contribution in [3.05, 3.63) is 65.7 Å². The molecule has 29 heavy (non-hydrogen) atoms. The number of carbonyl (C=O) groups is 1. The highest BCUT2D eigenvalue weighted by Crippen LogP contribution is 2.10. The third kappa shape index (κ3) is 8.35. The summed E-state index contributed by atoms with van der Waals surface area (Å²) < 4.78 is 23.0. The Balaban J connectivity index is 1.65. The number of guanidine groups is 1. The zero-order valence-corrected chi connectivity index (χ0v) is 17.6. The fourth-order valence-electron chi connectivity index (χ4n) is 2.63. The molecule has 0 aliphatic rings. The van der Waals surface area contributed by atoms with Gasteiger partial charge in [0.25, 0.3) is 0 Å². The quantitative estimate of drug-likeness (QED) is 0.425. The molecule has 0 aromatic heterocycles. The Morgan fingerprint density at radius 3 is 2.17 bits per heavy atom. The SMILES string of the molecule is CN=C(NCCC(=O)NCc1ccccc1)NCCc1ccc(S(C)(=O)=O)cc1. The molecule has 8 heteroatoms. The number of hydrogen-bond donors (Lipinski definition) is 3. The van der Waals surface area contributed by atoms with Gasteiger partial charge in [-0.2, -0.15) is 0 Å². The lowest BCUT2D eigenvalue weighted by Crippen LogP contribution is -2.40. The predicted molar refractivity (Wildman–Crippen MR) is 116 cm³/mol. The minimum atomic E-state index is -3.17. The van der Waals surface area contributed by atoms with Gasteiger partial charge in [0, 0.05) is 39.4 Å². The van der Waals surface area contributed by atoms with Gasteiger partial charge in [0.1, 0.15) is 0 Å². The Kier molecular flexibility index (Phi) is 8.67. The highest BCUT2D eigenvalue weighted by atomic mass is 32.2. The van der Waals surface area contributed by atoms with E-state index in [0.29, 0.717) is 36.9 Å². The molecular formula is C21H28N4O3S. The molecule has 0 spiro atoms. The molecule has 0 fully saturated rings. The average molecular weight is 417 g/mol. The van der Waals surface area contributed by atoms with Crippen molar-refractivity contribution >= 4 is 21.7 Å². The van der Waals surface area contributed by atoms with E-state index in [-0.39, 0.29) is 5.91 Å². The number of hydrogen-bond acceptors (Lipinski definition) is 4. The Morgan fingerprint density at radius 2 is 1.55 bits per heavy atom. The van der Waals surface area contributed by atoms with Crippen LogP contribution in [0.1, 0.15) is 17.5 Å². The maximum atomic E-state index is 11.9. The van der Waals surface area contributed by atoms with Gasteiger partial charge < -0.3 is 16.0 Å². The molecule has 2 rings (SSSR count). The van der Waals surface area contributed by atoms with Gasteiger partial charge in [-0.1, -0.05) is 42.5 Å². The smallest absolute Gasteiger partial charge is 0.222 e. The van der Waals surface area contributed by atoms with Crippen molar-refractivity contribution in [2.24, 2.45) is 4.99 Å². The minimum absolute atomic E-state index is 0.0252. The average Bonchev–Trinajstić information content (AvgIpc) is 2.71. The van der Waals surface area contributed by atoms with Gasteiger partial charge in [0.05, 0.1) is 4.90 Å². The molecule has 0 aliphatic carbocycles. The highest BCUT2D eigenvalue weighted by molar-refractivity contribution is 7.90. The molecule has 2 aromatic rings. The number of rotatable bonds is 9. The predicted octanol–water partition coefficient (Wildman–Crippen LogP) is 1.50. The van der Waals surface area contributed by atoms with Crippen LogP contribution in [0.2, 0.25) is 0 Å². The summed E-state index contributed by atoms with van der Waals surface area (Å²) in [6, 6.07) is 16.6. The van der Waals surface area contributed by atoms with Gasteiger partial charge in [-0.15, -0.1) is 0 Å². The van der Waals surface area contributed by atoms with E-state index in [4.69, 9.17) is 0 Å². The van der Waals surface area contributed by atoms with E-state index in [1.54, 1.807) is 19.2 Å². The molecule has 156 valence electrons. The van der Waals surface area contributed by atoms with Crippen LogP contribution in [0.5, 0.6) is 0 Å². The first-order valence-electron chi connectivity index (χ1n) is 9.42. The topological polar surface area (TPSA) is 99.7 Å². The third-order valence-electron chi connectivity index (χ3n) is 4.26. The van der Waals surface area contributed by atoms with Crippen molar-refractivity contribution in [2.75, 3.05) is 26.4 Å². The number of nitrogens with one attached hydrogen (secondary N) is 3. The summed E-state index contributed by atoms with van der Waals surface area (Å²) in [4.78, 5) is 16.4. The van der Waals surface area contributed by atoms with E-state index < -0.39 is 9.84 Å². The molecule has 3 N–H and O–H groups in total. The van der Waals surface area contributed by atoms with Gasteiger partial charge in [-0.05, 0) is 29.7 Å². The van der Waals surface area contributed by atoms with Gasteiger partial charge in [-0.3, -0.25) is 9.79 Å². The van der Waals surface area contributed by atoms with Crippen LogP contribution in [0.3, 0.4) is 0 Å². The summed E-state index contributed by atoms with van der Waals surface area (Å²) in [6.45, 7) is 1.63. The van der Waals surface area contributed by atoms with Crippen LogP contribution < -0.4 is 16.0 Å². The number of amides is 1. The highest BCUT2D eigenvalue weighted by Gasteiger charge is 2.06. The van der Waals surface area contributed by atoms with Gasteiger partial charge >= 0.3 is 0 Å². The van der Waals surface area contributed by atoms with E-state index in [1.807, 2.05) is 42.5 Å². The Bertz CT molecular complexity index is 911. The lowest BCUT2D eigenvalue weighted by Gasteiger charge is -2.12. The Morgan fingerprint density at radius 1 is 0.897 bits per heavy atom.